The molecule has 0 saturated carbocycles. The maximum atomic E-state index is 12.1. The number of halogens is 4. The van der Waals surface area contributed by atoms with Crippen LogP contribution in [-0.2, 0) is 4.74 Å². The zero-order valence-corrected chi connectivity index (χ0v) is 8.61. The van der Waals surface area contributed by atoms with Crippen molar-refractivity contribution in [1.29, 1.82) is 0 Å². The highest BCUT2D eigenvalue weighted by Gasteiger charge is 2.35. The fourth-order valence-electron chi connectivity index (χ4n) is 1.42. The zero-order valence-electron chi connectivity index (χ0n) is 7.85. The molecule has 6 heteroatoms. The van der Waals surface area contributed by atoms with Crippen LogP contribution in [0.3, 0.4) is 0 Å². The molecule has 2 nitrogen and oxygen atoms in total. The van der Waals surface area contributed by atoms with Gasteiger partial charge >= 0.3 is 6.18 Å². The lowest BCUT2D eigenvalue weighted by Gasteiger charge is -2.37. The van der Waals surface area contributed by atoms with Crippen LogP contribution >= 0.6 is 11.6 Å². The largest absolute Gasteiger partial charge is 0.401 e. The van der Waals surface area contributed by atoms with E-state index in [-0.39, 0.29) is 24.6 Å². The van der Waals surface area contributed by atoms with Crippen LogP contribution in [0.1, 0.15) is 6.92 Å². The van der Waals surface area contributed by atoms with Crippen molar-refractivity contribution >= 4 is 11.6 Å². The molecule has 0 N–H and O–H groups in total. The Morgan fingerprint density at radius 2 is 2.14 bits per heavy atom. The lowest BCUT2D eigenvalue weighted by atomic mass is 10.2. The Balaban J connectivity index is 2.48. The third-order valence-corrected chi connectivity index (χ3v) is 2.53. The molecule has 0 aromatic carbocycles. The first-order chi connectivity index (χ1) is 6.42. The van der Waals surface area contributed by atoms with Gasteiger partial charge in [-0.25, -0.2) is 0 Å². The molecule has 14 heavy (non-hydrogen) atoms. The third-order valence-electron chi connectivity index (χ3n) is 2.19. The molecule has 2 unspecified atom stereocenters. The van der Waals surface area contributed by atoms with E-state index in [0.29, 0.717) is 6.61 Å². The Bertz CT molecular complexity index is 188. The average molecular weight is 232 g/mol. The summed E-state index contributed by atoms with van der Waals surface area (Å²) in [4.78, 5) is 1.36. The predicted molar refractivity (Wildman–Crippen MR) is 47.6 cm³/mol. The van der Waals surface area contributed by atoms with E-state index in [1.807, 2.05) is 0 Å². The molecule has 2 atom stereocenters. The summed E-state index contributed by atoms with van der Waals surface area (Å²) in [6.45, 7) is 1.40. The molecular weight excluding hydrogens is 219 g/mol. The first kappa shape index (κ1) is 12.1. The van der Waals surface area contributed by atoms with Crippen molar-refractivity contribution in [2.24, 2.45) is 0 Å². The van der Waals surface area contributed by atoms with Crippen LogP contribution in [-0.4, -0.2) is 48.8 Å². The van der Waals surface area contributed by atoms with Gasteiger partial charge in [0, 0.05) is 18.5 Å². The normalized spacial score (nSPS) is 30.6. The van der Waals surface area contributed by atoms with E-state index in [4.69, 9.17) is 16.3 Å². The highest BCUT2D eigenvalue weighted by atomic mass is 35.5. The Kier molecular flexibility index (Phi) is 4.04. The maximum Gasteiger partial charge on any atom is 0.401 e. The van der Waals surface area contributed by atoms with Crippen molar-refractivity contribution in [1.82, 2.24) is 4.90 Å². The Morgan fingerprint density at radius 3 is 2.64 bits per heavy atom. The first-order valence-corrected chi connectivity index (χ1v) is 4.94. The standard InChI is InChI=1S/C8H13ClF3NO/c1-6-4-14-7(2-9)3-13(6)5-8(10,11)12/h6-7H,2-5H2,1H3. The van der Waals surface area contributed by atoms with Gasteiger partial charge in [-0.1, -0.05) is 0 Å². The minimum absolute atomic E-state index is 0.198. The number of alkyl halides is 4. The van der Waals surface area contributed by atoms with Crippen LogP contribution in [0, 0.1) is 0 Å². The second kappa shape index (κ2) is 4.68. The molecule has 1 saturated heterocycles. The molecule has 1 rings (SSSR count). The molecule has 0 aliphatic carbocycles. The molecule has 0 spiro atoms. The number of morpholine rings is 1. The molecule has 1 aliphatic heterocycles. The van der Waals surface area contributed by atoms with E-state index >= 15 is 0 Å². The molecule has 1 aliphatic rings. The van der Waals surface area contributed by atoms with Crippen molar-refractivity contribution in [3.05, 3.63) is 0 Å². The van der Waals surface area contributed by atoms with E-state index in [9.17, 15) is 13.2 Å². The average Bonchev–Trinajstić information content (AvgIpc) is 2.06. The fourth-order valence-corrected chi connectivity index (χ4v) is 1.61. The molecule has 1 fully saturated rings. The van der Waals surface area contributed by atoms with E-state index in [0.717, 1.165) is 0 Å². The van der Waals surface area contributed by atoms with Gasteiger partial charge in [-0.15, -0.1) is 11.6 Å². The van der Waals surface area contributed by atoms with Gasteiger partial charge in [0.15, 0.2) is 0 Å². The second-order valence-corrected chi connectivity index (χ2v) is 3.81. The molecule has 0 aromatic rings. The Hall–Kier alpha value is -0.0000000000000000555. The smallest absolute Gasteiger partial charge is 0.374 e. The van der Waals surface area contributed by atoms with Crippen molar-refractivity contribution < 1.29 is 17.9 Å². The minimum Gasteiger partial charge on any atom is -0.374 e. The summed E-state index contributed by atoms with van der Waals surface area (Å²) in [6, 6.07) is -0.198. The minimum atomic E-state index is -4.15. The van der Waals surface area contributed by atoms with E-state index in [1.54, 1.807) is 6.92 Å². The third kappa shape index (κ3) is 3.63. The van der Waals surface area contributed by atoms with E-state index in [2.05, 4.69) is 0 Å². The summed E-state index contributed by atoms with van der Waals surface area (Å²) >= 11 is 5.53. The summed E-state index contributed by atoms with van der Waals surface area (Å²) in [5.41, 5.74) is 0. The van der Waals surface area contributed by atoms with Gasteiger partial charge < -0.3 is 4.74 Å². The van der Waals surface area contributed by atoms with Gasteiger partial charge in [-0.3, -0.25) is 4.90 Å². The van der Waals surface area contributed by atoms with E-state index in [1.165, 1.54) is 4.90 Å². The van der Waals surface area contributed by atoms with Gasteiger partial charge in [0.25, 0.3) is 0 Å². The fraction of sp³-hybridized carbons (Fsp3) is 1.00. The lowest BCUT2D eigenvalue weighted by molar-refractivity contribution is -0.167. The van der Waals surface area contributed by atoms with Crippen molar-refractivity contribution in [3.63, 3.8) is 0 Å². The first-order valence-electron chi connectivity index (χ1n) is 4.40. The molecule has 0 aromatic heterocycles. The van der Waals surface area contributed by atoms with Crippen molar-refractivity contribution in [3.8, 4) is 0 Å². The quantitative estimate of drug-likeness (QED) is 0.673. The zero-order chi connectivity index (χ0) is 10.8. The van der Waals surface area contributed by atoms with Crippen LogP contribution in [0.25, 0.3) is 0 Å². The number of hydrogen-bond acceptors (Lipinski definition) is 2. The van der Waals surface area contributed by atoms with Crippen LogP contribution in [0.5, 0.6) is 0 Å². The highest BCUT2D eigenvalue weighted by molar-refractivity contribution is 6.18. The van der Waals surface area contributed by atoms with Gasteiger partial charge in [0.05, 0.1) is 19.3 Å². The number of hydrogen-bond donors (Lipinski definition) is 0. The summed E-state index contributed by atoms with van der Waals surface area (Å²) in [5, 5.41) is 0. The van der Waals surface area contributed by atoms with Crippen molar-refractivity contribution in [2.45, 2.75) is 25.2 Å². The van der Waals surface area contributed by atoms with Gasteiger partial charge in [0.1, 0.15) is 0 Å². The molecule has 0 bridgehead atoms. The van der Waals surface area contributed by atoms with Crippen LogP contribution in [0.2, 0.25) is 0 Å². The van der Waals surface area contributed by atoms with Gasteiger partial charge in [0.2, 0.25) is 0 Å². The number of nitrogens with zero attached hydrogens (tertiary/aromatic N) is 1. The summed E-state index contributed by atoms with van der Waals surface area (Å²) < 4.78 is 41.6. The second-order valence-electron chi connectivity index (χ2n) is 3.50. The molecule has 1 heterocycles. The topological polar surface area (TPSA) is 12.5 Å². The van der Waals surface area contributed by atoms with Crippen LogP contribution in [0.4, 0.5) is 13.2 Å². The van der Waals surface area contributed by atoms with Crippen LogP contribution < -0.4 is 0 Å². The van der Waals surface area contributed by atoms with Gasteiger partial charge in [-0.05, 0) is 6.92 Å². The van der Waals surface area contributed by atoms with E-state index < -0.39 is 12.7 Å². The SMILES string of the molecule is CC1COC(CCl)CN1CC(F)(F)F. The molecule has 0 amide bonds. The Labute approximate surface area is 86.0 Å². The molecule has 84 valence electrons. The predicted octanol–water partition coefficient (Wildman–Crippen LogP) is 1.88. The number of rotatable bonds is 2. The van der Waals surface area contributed by atoms with Gasteiger partial charge in [-0.2, -0.15) is 13.2 Å². The molecular formula is C8H13ClF3NO. The maximum absolute atomic E-state index is 12.1. The summed E-state index contributed by atoms with van der Waals surface area (Å²) in [7, 11) is 0. The summed E-state index contributed by atoms with van der Waals surface area (Å²) in [5.74, 6) is 0.237. The van der Waals surface area contributed by atoms with Crippen LogP contribution in [0.15, 0.2) is 0 Å². The van der Waals surface area contributed by atoms with Crippen molar-refractivity contribution in [2.75, 3.05) is 25.6 Å². The monoisotopic (exact) mass is 231 g/mol. The Morgan fingerprint density at radius 1 is 1.50 bits per heavy atom. The lowest BCUT2D eigenvalue weighted by Crippen LogP contribution is -2.51. The molecule has 0 radical (unpaired) electrons. The highest BCUT2D eigenvalue weighted by Crippen LogP contribution is 2.21. The number of ether oxygens (including phenoxy) is 1. The summed E-state index contributed by atoms with van der Waals surface area (Å²) in [6.07, 6.45) is -4.43.